The van der Waals surface area contributed by atoms with Crippen molar-refractivity contribution >= 4 is 17.0 Å². The zero-order valence-electron chi connectivity index (χ0n) is 15.8. The molecule has 0 saturated carbocycles. The number of carbonyl (C=O) groups is 1. The summed E-state index contributed by atoms with van der Waals surface area (Å²) in [5.41, 5.74) is 1.36. The van der Waals surface area contributed by atoms with Crippen molar-refractivity contribution in [2.75, 3.05) is 32.8 Å². The molecule has 29 heavy (non-hydrogen) atoms. The number of para-hydroxylation sites is 4. The summed E-state index contributed by atoms with van der Waals surface area (Å²) in [4.78, 5) is 29.0. The van der Waals surface area contributed by atoms with Crippen LogP contribution < -0.4 is 15.2 Å². The van der Waals surface area contributed by atoms with Gasteiger partial charge in [-0.1, -0.05) is 24.3 Å². The molecule has 5 rings (SSSR count). The Labute approximate surface area is 166 Å². The van der Waals surface area contributed by atoms with Crippen LogP contribution in [-0.4, -0.2) is 59.2 Å². The summed E-state index contributed by atoms with van der Waals surface area (Å²) in [6.07, 6.45) is -0.628. The highest BCUT2D eigenvalue weighted by Crippen LogP contribution is 2.31. The van der Waals surface area contributed by atoms with E-state index in [1.807, 2.05) is 36.4 Å². The summed E-state index contributed by atoms with van der Waals surface area (Å²) >= 11 is 0. The van der Waals surface area contributed by atoms with E-state index in [0.29, 0.717) is 49.9 Å². The van der Waals surface area contributed by atoms with E-state index in [4.69, 9.17) is 13.9 Å². The highest BCUT2D eigenvalue weighted by atomic mass is 16.6. The van der Waals surface area contributed by atoms with Crippen molar-refractivity contribution in [1.29, 1.82) is 0 Å². The molecule has 0 spiro atoms. The first-order chi connectivity index (χ1) is 14.2. The van der Waals surface area contributed by atoms with E-state index >= 15 is 0 Å². The number of hydrogen-bond donors (Lipinski definition) is 0. The second-order valence-electron chi connectivity index (χ2n) is 7.21. The van der Waals surface area contributed by atoms with Crippen LogP contribution in [0.4, 0.5) is 0 Å². The molecular formula is C21H21N3O5. The molecule has 8 nitrogen and oxygen atoms in total. The molecule has 1 atom stereocenters. The van der Waals surface area contributed by atoms with Crippen molar-refractivity contribution in [2.24, 2.45) is 0 Å². The molecular weight excluding hydrogens is 374 g/mol. The number of amides is 1. The molecule has 2 aliphatic rings. The van der Waals surface area contributed by atoms with E-state index in [0.717, 1.165) is 5.52 Å². The van der Waals surface area contributed by atoms with Crippen LogP contribution >= 0.6 is 0 Å². The normalized spacial score (nSPS) is 19.4. The number of piperazine rings is 1. The fraction of sp³-hybridized carbons (Fsp3) is 0.333. The van der Waals surface area contributed by atoms with E-state index in [1.54, 1.807) is 21.6 Å². The summed E-state index contributed by atoms with van der Waals surface area (Å²) in [6.45, 7) is 3.14. The highest BCUT2D eigenvalue weighted by molar-refractivity contribution is 5.82. The van der Waals surface area contributed by atoms with Crippen molar-refractivity contribution < 1.29 is 18.7 Å². The van der Waals surface area contributed by atoms with Crippen molar-refractivity contribution in [3.63, 3.8) is 0 Å². The van der Waals surface area contributed by atoms with Crippen molar-refractivity contribution in [3.05, 3.63) is 59.1 Å². The number of hydrogen-bond acceptors (Lipinski definition) is 6. The number of benzene rings is 2. The Morgan fingerprint density at radius 2 is 1.69 bits per heavy atom. The number of ether oxygens (including phenoxy) is 2. The van der Waals surface area contributed by atoms with Gasteiger partial charge in [0, 0.05) is 26.2 Å². The summed E-state index contributed by atoms with van der Waals surface area (Å²) < 4.78 is 18.4. The Bertz CT molecular complexity index is 1100. The van der Waals surface area contributed by atoms with Crippen LogP contribution in [0.2, 0.25) is 0 Å². The maximum absolute atomic E-state index is 12.8. The Morgan fingerprint density at radius 1 is 0.966 bits per heavy atom. The first-order valence-electron chi connectivity index (χ1n) is 9.67. The summed E-state index contributed by atoms with van der Waals surface area (Å²) in [7, 11) is 0. The predicted molar refractivity (Wildman–Crippen MR) is 105 cm³/mol. The molecule has 0 aliphatic carbocycles. The maximum atomic E-state index is 12.8. The van der Waals surface area contributed by atoms with E-state index in [1.165, 1.54) is 0 Å². The second-order valence-corrected chi connectivity index (χ2v) is 7.21. The predicted octanol–water partition coefficient (Wildman–Crippen LogP) is 1.54. The van der Waals surface area contributed by atoms with Crippen molar-refractivity contribution in [2.45, 2.75) is 12.8 Å². The lowest BCUT2D eigenvalue weighted by molar-refractivity contribution is -0.143. The number of oxazole rings is 1. The molecule has 2 aromatic carbocycles. The Hall–Kier alpha value is -3.26. The fourth-order valence-corrected chi connectivity index (χ4v) is 3.80. The Kier molecular flexibility index (Phi) is 4.48. The topological polar surface area (TPSA) is 77.2 Å². The third-order valence-corrected chi connectivity index (χ3v) is 5.38. The van der Waals surface area contributed by atoms with Crippen LogP contribution in [0, 0.1) is 0 Å². The van der Waals surface area contributed by atoms with Crippen LogP contribution in [-0.2, 0) is 11.5 Å². The van der Waals surface area contributed by atoms with Gasteiger partial charge in [-0.3, -0.25) is 14.3 Å². The minimum atomic E-state index is -0.628. The van der Waals surface area contributed by atoms with Gasteiger partial charge in [-0.25, -0.2) is 4.79 Å². The largest absolute Gasteiger partial charge is 0.485 e. The van der Waals surface area contributed by atoms with Gasteiger partial charge in [-0.15, -0.1) is 0 Å². The molecule has 2 aliphatic heterocycles. The van der Waals surface area contributed by atoms with E-state index < -0.39 is 6.10 Å². The van der Waals surface area contributed by atoms with Crippen LogP contribution in [0.15, 0.2) is 57.7 Å². The zero-order chi connectivity index (χ0) is 19.8. The lowest BCUT2D eigenvalue weighted by Crippen LogP contribution is -2.54. The smallest absolute Gasteiger partial charge is 0.421 e. The molecule has 0 bridgehead atoms. The van der Waals surface area contributed by atoms with Gasteiger partial charge < -0.3 is 18.8 Å². The number of nitrogens with zero attached hydrogens (tertiary/aromatic N) is 3. The van der Waals surface area contributed by atoms with Gasteiger partial charge in [0.2, 0.25) is 6.10 Å². The summed E-state index contributed by atoms with van der Waals surface area (Å²) in [5.74, 6) is 0.835. The second kappa shape index (κ2) is 7.29. The molecule has 3 heterocycles. The van der Waals surface area contributed by atoms with Crippen molar-refractivity contribution in [1.82, 2.24) is 14.4 Å². The molecule has 8 heteroatoms. The highest BCUT2D eigenvalue weighted by Gasteiger charge is 2.32. The van der Waals surface area contributed by atoms with Crippen LogP contribution in [0.5, 0.6) is 11.5 Å². The van der Waals surface area contributed by atoms with Crippen LogP contribution in [0.1, 0.15) is 0 Å². The molecule has 150 valence electrons. The fourth-order valence-electron chi connectivity index (χ4n) is 3.80. The van der Waals surface area contributed by atoms with Gasteiger partial charge >= 0.3 is 5.76 Å². The summed E-state index contributed by atoms with van der Waals surface area (Å²) in [5, 5.41) is 0. The first kappa shape index (κ1) is 17.8. The van der Waals surface area contributed by atoms with Gasteiger partial charge in [0.1, 0.15) is 6.61 Å². The number of rotatable bonds is 3. The van der Waals surface area contributed by atoms with Gasteiger partial charge in [0.05, 0.1) is 12.2 Å². The SMILES string of the molecule is O=C(C1COc2ccccc2O1)N1CCN(Cn2c(=O)oc3ccccc32)CC1. The minimum absolute atomic E-state index is 0.0647. The number of fused-ring (bicyclic) bond motifs is 2. The third kappa shape index (κ3) is 3.36. The van der Waals surface area contributed by atoms with Gasteiger partial charge in [-0.2, -0.15) is 0 Å². The molecule has 1 unspecified atom stereocenters. The quantitative estimate of drug-likeness (QED) is 0.670. The Balaban J connectivity index is 1.21. The lowest BCUT2D eigenvalue weighted by Gasteiger charge is -2.37. The van der Waals surface area contributed by atoms with E-state index in [2.05, 4.69) is 4.90 Å². The maximum Gasteiger partial charge on any atom is 0.421 e. The van der Waals surface area contributed by atoms with E-state index in [-0.39, 0.29) is 18.3 Å². The molecule has 1 saturated heterocycles. The standard InChI is InChI=1S/C21H21N3O5/c25-20(19-13-27-17-7-3-4-8-18(17)28-19)23-11-9-22(10-12-23)14-24-15-5-1-2-6-16(15)29-21(24)26/h1-8,19H,9-14H2. The monoisotopic (exact) mass is 395 g/mol. The average Bonchev–Trinajstić information content (AvgIpc) is 3.08. The van der Waals surface area contributed by atoms with Gasteiger partial charge in [-0.05, 0) is 24.3 Å². The zero-order valence-corrected chi connectivity index (χ0v) is 15.8. The molecule has 0 radical (unpaired) electrons. The Morgan fingerprint density at radius 3 is 2.52 bits per heavy atom. The molecule has 0 N–H and O–H groups in total. The van der Waals surface area contributed by atoms with Gasteiger partial charge in [0.15, 0.2) is 17.1 Å². The average molecular weight is 395 g/mol. The number of carbonyl (C=O) groups excluding carboxylic acids is 1. The van der Waals surface area contributed by atoms with E-state index in [9.17, 15) is 9.59 Å². The first-order valence-corrected chi connectivity index (χ1v) is 9.67. The lowest BCUT2D eigenvalue weighted by atomic mass is 10.2. The van der Waals surface area contributed by atoms with Crippen LogP contribution in [0.3, 0.4) is 0 Å². The third-order valence-electron chi connectivity index (χ3n) is 5.38. The number of aromatic nitrogens is 1. The molecule has 1 aromatic heterocycles. The molecule has 1 fully saturated rings. The van der Waals surface area contributed by atoms with Gasteiger partial charge in [0.25, 0.3) is 5.91 Å². The van der Waals surface area contributed by atoms with Crippen molar-refractivity contribution in [3.8, 4) is 11.5 Å². The molecule has 3 aromatic rings. The van der Waals surface area contributed by atoms with Crippen LogP contribution in [0.25, 0.3) is 11.1 Å². The minimum Gasteiger partial charge on any atom is -0.485 e. The summed E-state index contributed by atoms with van der Waals surface area (Å²) in [6, 6.07) is 14.8. The molecule has 1 amide bonds.